The van der Waals surface area contributed by atoms with Gasteiger partial charge in [-0.1, -0.05) is 24.9 Å². The summed E-state index contributed by atoms with van der Waals surface area (Å²) in [6.45, 7) is 3.21. The maximum atomic E-state index is 14.6. The third-order valence-corrected chi connectivity index (χ3v) is 7.66. The number of nitrogens with zero attached hydrogens (tertiary/aromatic N) is 7. The quantitative estimate of drug-likeness (QED) is 0.288. The lowest BCUT2D eigenvalue weighted by Crippen LogP contribution is -2.22. The van der Waals surface area contributed by atoms with Crippen molar-refractivity contribution in [2.45, 2.75) is 45.3 Å². The molecule has 5 heterocycles. The number of hydrogen-bond acceptors (Lipinski definition) is 8. The molecule has 0 fully saturated rings. The molecule has 5 aromatic rings. The highest BCUT2D eigenvalue weighted by Crippen LogP contribution is 2.36. The van der Waals surface area contributed by atoms with Crippen molar-refractivity contribution >= 4 is 23.2 Å². The summed E-state index contributed by atoms with van der Waals surface area (Å²) < 4.78 is 23.1. The van der Waals surface area contributed by atoms with E-state index in [0.717, 1.165) is 0 Å². The third kappa shape index (κ3) is 5.20. The summed E-state index contributed by atoms with van der Waals surface area (Å²) in [7, 11) is 0. The molecule has 3 atom stereocenters. The Hall–Kier alpha value is -4.71. The molecule has 2 bridgehead atoms. The number of amides is 1. The lowest BCUT2D eigenvalue weighted by atomic mass is 9.88. The fraction of sp³-hybridized carbons (Fsp3) is 0.276. The van der Waals surface area contributed by atoms with Gasteiger partial charge in [-0.15, -0.1) is 5.10 Å². The number of tetrazole rings is 1. The van der Waals surface area contributed by atoms with Gasteiger partial charge in [-0.3, -0.25) is 9.78 Å². The molecule has 1 aromatic carbocycles. The molecule has 0 saturated carbocycles. The van der Waals surface area contributed by atoms with Crippen LogP contribution in [-0.2, 0) is 4.79 Å². The van der Waals surface area contributed by atoms with E-state index in [4.69, 9.17) is 16.0 Å². The Balaban J connectivity index is 1.45. The molecule has 13 heteroatoms. The number of benzene rings is 1. The monoisotopic (exact) mass is 588 g/mol. The first kappa shape index (κ1) is 27.5. The van der Waals surface area contributed by atoms with Crippen molar-refractivity contribution in [3.8, 4) is 28.3 Å². The molecule has 214 valence electrons. The van der Waals surface area contributed by atoms with Crippen molar-refractivity contribution in [1.29, 1.82) is 0 Å². The summed E-state index contributed by atoms with van der Waals surface area (Å²) in [5.74, 6) is -0.646. The highest BCUT2D eigenvalue weighted by molar-refractivity contribution is 6.31. The molecule has 3 unspecified atom stereocenters. The highest BCUT2D eigenvalue weighted by Gasteiger charge is 2.26. The normalized spacial score (nSPS) is 18.0. The Bertz CT molecular complexity index is 1820. The highest BCUT2D eigenvalue weighted by atomic mass is 35.5. The van der Waals surface area contributed by atoms with Crippen molar-refractivity contribution in [3.63, 3.8) is 0 Å². The maximum absolute atomic E-state index is 14.6. The zero-order valence-corrected chi connectivity index (χ0v) is 23.5. The molecule has 0 spiro atoms. The zero-order chi connectivity index (χ0) is 29.4. The predicted octanol–water partition coefficient (Wildman–Crippen LogP) is 5.57. The van der Waals surface area contributed by atoms with Crippen molar-refractivity contribution in [3.05, 3.63) is 87.9 Å². The second-order valence-electron chi connectivity index (χ2n) is 10.2. The van der Waals surface area contributed by atoms with E-state index in [9.17, 15) is 14.0 Å². The average Bonchev–Trinajstić information content (AvgIpc) is 3.66. The van der Waals surface area contributed by atoms with Crippen LogP contribution >= 0.6 is 11.6 Å². The second kappa shape index (κ2) is 11.3. The van der Waals surface area contributed by atoms with Gasteiger partial charge in [-0.05, 0) is 72.7 Å². The van der Waals surface area contributed by atoms with Crippen LogP contribution in [0.5, 0.6) is 0 Å². The van der Waals surface area contributed by atoms with Gasteiger partial charge < -0.3 is 9.73 Å². The van der Waals surface area contributed by atoms with E-state index >= 15 is 0 Å². The van der Waals surface area contributed by atoms with Gasteiger partial charge in [0, 0.05) is 45.4 Å². The van der Waals surface area contributed by atoms with Crippen molar-refractivity contribution in [1.82, 2.24) is 35.0 Å². The molecule has 4 aromatic heterocycles. The summed E-state index contributed by atoms with van der Waals surface area (Å²) in [5, 5.41) is 18.9. The van der Waals surface area contributed by atoms with Crippen LogP contribution in [0.3, 0.4) is 0 Å². The van der Waals surface area contributed by atoms with E-state index in [0.29, 0.717) is 69.5 Å². The van der Waals surface area contributed by atoms with Gasteiger partial charge >= 0.3 is 5.63 Å². The minimum absolute atomic E-state index is 0.183. The number of anilines is 1. The Morgan fingerprint density at radius 3 is 2.76 bits per heavy atom. The van der Waals surface area contributed by atoms with E-state index < -0.39 is 17.8 Å². The van der Waals surface area contributed by atoms with Gasteiger partial charge in [0.1, 0.15) is 12.1 Å². The number of carbonyl (C=O) groups excluding carboxylic acids is 1. The maximum Gasteiger partial charge on any atom is 0.340 e. The molecule has 0 aliphatic carbocycles. The number of rotatable bonds is 4. The summed E-state index contributed by atoms with van der Waals surface area (Å²) >= 11 is 6.28. The molecule has 1 aliphatic rings. The minimum atomic E-state index is -1.44. The number of fused-ring (bicyclic) bond motifs is 4. The van der Waals surface area contributed by atoms with Gasteiger partial charge in [-0.2, -0.15) is 9.78 Å². The summed E-state index contributed by atoms with van der Waals surface area (Å²) in [6.07, 6.45) is 4.82. The first-order chi connectivity index (χ1) is 20.3. The fourth-order valence-electron chi connectivity index (χ4n) is 5.28. The molecule has 0 radical (unpaired) electrons. The number of halogens is 2. The number of nitrogens with one attached hydrogen (secondary N) is 1. The van der Waals surface area contributed by atoms with E-state index in [1.807, 2.05) is 6.92 Å². The Morgan fingerprint density at radius 1 is 1.14 bits per heavy atom. The van der Waals surface area contributed by atoms with Crippen LogP contribution in [0, 0.1) is 5.92 Å². The number of aromatic nitrogens is 7. The van der Waals surface area contributed by atoms with E-state index in [-0.39, 0.29) is 11.8 Å². The van der Waals surface area contributed by atoms with Crippen LogP contribution < -0.4 is 10.9 Å². The SMILES string of the molecule is CC1CCCC(c2ccc(-c3cc(Cl)ccc3-n3cnnn3)oc2=O)c2cc(ccn2)-c2c(cnn2C(C)F)NC1=O. The van der Waals surface area contributed by atoms with Crippen LogP contribution in [0.2, 0.25) is 5.02 Å². The van der Waals surface area contributed by atoms with Gasteiger partial charge in [0.2, 0.25) is 5.91 Å². The van der Waals surface area contributed by atoms with Gasteiger partial charge in [0.15, 0.2) is 6.30 Å². The Labute approximate surface area is 244 Å². The molecule has 11 nitrogen and oxygen atoms in total. The summed E-state index contributed by atoms with van der Waals surface area (Å²) in [6, 6.07) is 12.1. The van der Waals surface area contributed by atoms with Gasteiger partial charge in [0.05, 0.1) is 23.3 Å². The zero-order valence-electron chi connectivity index (χ0n) is 22.7. The first-order valence-electron chi connectivity index (χ1n) is 13.5. The average molecular weight is 589 g/mol. The molecular weight excluding hydrogens is 563 g/mol. The second-order valence-corrected chi connectivity index (χ2v) is 10.7. The molecule has 0 saturated heterocycles. The number of hydrogen-bond donors (Lipinski definition) is 1. The number of alkyl halides is 1. The van der Waals surface area contributed by atoms with Gasteiger partial charge in [-0.25, -0.2) is 13.9 Å². The predicted molar refractivity (Wildman–Crippen MR) is 153 cm³/mol. The Morgan fingerprint density at radius 2 is 2.00 bits per heavy atom. The molecule has 42 heavy (non-hydrogen) atoms. The van der Waals surface area contributed by atoms with Crippen LogP contribution in [-0.4, -0.2) is 40.9 Å². The van der Waals surface area contributed by atoms with E-state index in [2.05, 4.69) is 30.9 Å². The molecular formula is C29H26ClFN8O3. The fourth-order valence-corrected chi connectivity index (χ4v) is 5.45. The van der Waals surface area contributed by atoms with E-state index in [1.54, 1.807) is 48.7 Å². The summed E-state index contributed by atoms with van der Waals surface area (Å²) in [5.41, 5.74) is 3.07. The topological polar surface area (TPSA) is 134 Å². The lowest BCUT2D eigenvalue weighted by Gasteiger charge is -2.20. The van der Waals surface area contributed by atoms with Crippen LogP contribution in [0.15, 0.2) is 70.4 Å². The van der Waals surface area contributed by atoms with Crippen molar-refractivity contribution < 1.29 is 13.6 Å². The lowest BCUT2D eigenvalue weighted by molar-refractivity contribution is -0.119. The number of pyridine rings is 1. The van der Waals surface area contributed by atoms with Crippen LogP contribution in [0.4, 0.5) is 10.1 Å². The smallest absolute Gasteiger partial charge is 0.340 e. The first-order valence-corrected chi connectivity index (χ1v) is 13.8. The van der Waals surface area contributed by atoms with Crippen LogP contribution in [0.1, 0.15) is 56.6 Å². The standard InChI is InChI=1S/C29H26ClFN8O3/c1-16-4-3-5-20(23-12-18(10-11-32-23)27-24(35-28(16)40)14-34-39(27)17(2)31)21-7-9-26(42-29(21)41)22-13-19(30)6-8-25(22)38-15-33-36-37-38/h6-17,20H,3-5H2,1-2H3,(H,35,40). The summed E-state index contributed by atoms with van der Waals surface area (Å²) in [4.78, 5) is 31.2. The van der Waals surface area contributed by atoms with Crippen molar-refractivity contribution in [2.24, 2.45) is 5.92 Å². The Kier molecular flexibility index (Phi) is 7.38. The molecule has 1 N–H and O–H groups in total. The minimum Gasteiger partial charge on any atom is -0.422 e. The number of carbonyl (C=O) groups is 1. The third-order valence-electron chi connectivity index (χ3n) is 7.43. The van der Waals surface area contributed by atoms with Crippen LogP contribution in [0.25, 0.3) is 28.3 Å². The van der Waals surface area contributed by atoms with E-state index in [1.165, 1.54) is 28.8 Å². The molecule has 1 amide bonds. The molecule has 6 rings (SSSR count). The van der Waals surface area contributed by atoms with Gasteiger partial charge in [0.25, 0.3) is 0 Å². The largest absolute Gasteiger partial charge is 0.422 e. The van der Waals surface area contributed by atoms with Crippen molar-refractivity contribution in [2.75, 3.05) is 5.32 Å². The molecule has 1 aliphatic heterocycles.